The van der Waals surface area contributed by atoms with E-state index in [0.29, 0.717) is 16.6 Å². The number of alkyl halides is 2. The number of aryl methyl sites for hydroxylation is 1. The number of carboxylic acid groups (broad SMARTS) is 2. The van der Waals surface area contributed by atoms with Gasteiger partial charge in [-0.2, -0.15) is 0 Å². The number of carbonyl (C=O) groups is 2. The monoisotopic (exact) mass is 342 g/mol. The molecule has 130 valence electrons. The van der Waals surface area contributed by atoms with Gasteiger partial charge in [-0.25, -0.2) is 8.78 Å². The van der Waals surface area contributed by atoms with E-state index in [-0.39, 0.29) is 11.3 Å². The Morgan fingerprint density at radius 1 is 1.21 bits per heavy atom. The number of fused-ring (bicyclic) bond motifs is 1. The number of benzene rings is 1. The quantitative estimate of drug-likeness (QED) is 0.710. The normalized spacial score (nSPS) is 11.2. The fourth-order valence-corrected chi connectivity index (χ4v) is 2.58. The van der Waals surface area contributed by atoms with Crippen molar-refractivity contribution >= 4 is 28.4 Å². The summed E-state index contributed by atoms with van der Waals surface area (Å²) in [7, 11) is 0. The lowest BCUT2D eigenvalue weighted by Crippen LogP contribution is -2.34. The number of rotatable bonds is 7. The molecular formula is C15H16F2N2O5. The fourth-order valence-electron chi connectivity index (χ4n) is 2.58. The summed E-state index contributed by atoms with van der Waals surface area (Å²) in [5, 5.41) is 28.7. The lowest BCUT2D eigenvalue weighted by atomic mass is 10.1. The summed E-state index contributed by atoms with van der Waals surface area (Å²) < 4.78 is 26.1. The van der Waals surface area contributed by atoms with Gasteiger partial charge in [-0.05, 0) is 24.6 Å². The SMILES string of the molecule is Cc1cc2cn(CC(F)F)c(O)c2cc1N(CC(=O)O)CC(=O)O. The van der Waals surface area contributed by atoms with Gasteiger partial charge in [0.05, 0.1) is 6.54 Å². The summed E-state index contributed by atoms with van der Waals surface area (Å²) in [4.78, 5) is 23.0. The van der Waals surface area contributed by atoms with Gasteiger partial charge in [-0.15, -0.1) is 0 Å². The molecule has 2 aromatic rings. The molecule has 1 aromatic carbocycles. The Balaban J connectivity index is 2.52. The van der Waals surface area contributed by atoms with E-state index in [0.717, 1.165) is 9.47 Å². The van der Waals surface area contributed by atoms with E-state index in [9.17, 15) is 23.5 Å². The smallest absolute Gasteiger partial charge is 0.323 e. The van der Waals surface area contributed by atoms with Crippen molar-refractivity contribution in [2.45, 2.75) is 19.9 Å². The van der Waals surface area contributed by atoms with Crippen molar-refractivity contribution in [1.29, 1.82) is 0 Å². The number of nitrogens with zero attached hydrogens (tertiary/aromatic N) is 2. The van der Waals surface area contributed by atoms with E-state index < -0.39 is 38.0 Å². The second-order valence-electron chi connectivity index (χ2n) is 5.37. The maximum absolute atomic E-state index is 12.5. The Kier molecular flexibility index (Phi) is 4.91. The van der Waals surface area contributed by atoms with Crippen molar-refractivity contribution in [3.8, 4) is 5.88 Å². The highest BCUT2D eigenvalue weighted by atomic mass is 19.3. The summed E-state index contributed by atoms with van der Waals surface area (Å²) in [6, 6.07) is 3.00. The number of hydrogen-bond acceptors (Lipinski definition) is 4. The highest BCUT2D eigenvalue weighted by molar-refractivity contribution is 5.93. The molecule has 1 aromatic heterocycles. The second-order valence-corrected chi connectivity index (χ2v) is 5.37. The molecule has 0 aliphatic rings. The van der Waals surface area contributed by atoms with Gasteiger partial charge in [-0.3, -0.25) is 9.59 Å². The van der Waals surface area contributed by atoms with Gasteiger partial charge < -0.3 is 24.8 Å². The molecule has 0 saturated carbocycles. The number of anilines is 1. The maximum Gasteiger partial charge on any atom is 0.323 e. The second kappa shape index (κ2) is 6.73. The molecule has 0 bridgehead atoms. The van der Waals surface area contributed by atoms with Crippen LogP contribution < -0.4 is 4.90 Å². The summed E-state index contributed by atoms with van der Waals surface area (Å²) in [5.41, 5.74) is 0.872. The van der Waals surface area contributed by atoms with Crippen LogP contribution in [0.1, 0.15) is 5.56 Å². The topological polar surface area (TPSA) is 103 Å². The molecule has 9 heteroatoms. The zero-order chi connectivity index (χ0) is 18.0. The van der Waals surface area contributed by atoms with Crippen molar-refractivity contribution in [2.75, 3.05) is 18.0 Å². The summed E-state index contributed by atoms with van der Waals surface area (Å²) >= 11 is 0. The fraction of sp³-hybridized carbons (Fsp3) is 0.333. The average Bonchev–Trinajstić information content (AvgIpc) is 2.71. The van der Waals surface area contributed by atoms with Crippen LogP contribution in [-0.2, 0) is 16.1 Å². The largest absolute Gasteiger partial charge is 0.494 e. The van der Waals surface area contributed by atoms with Crippen LogP contribution in [-0.4, -0.2) is 51.3 Å². The van der Waals surface area contributed by atoms with E-state index >= 15 is 0 Å². The van der Waals surface area contributed by atoms with Gasteiger partial charge in [0.15, 0.2) is 5.88 Å². The van der Waals surface area contributed by atoms with Gasteiger partial charge in [0.25, 0.3) is 6.43 Å². The lowest BCUT2D eigenvalue weighted by Gasteiger charge is -2.22. The number of hydrogen-bond donors (Lipinski definition) is 3. The molecule has 0 atom stereocenters. The van der Waals surface area contributed by atoms with Crippen LogP contribution in [0.2, 0.25) is 0 Å². The van der Waals surface area contributed by atoms with E-state index in [1.165, 1.54) is 12.3 Å². The first-order valence-electron chi connectivity index (χ1n) is 6.98. The molecule has 0 spiro atoms. The minimum Gasteiger partial charge on any atom is -0.494 e. The third kappa shape index (κ3) is 3.73. The number of carboxylic acids is 2. The van der Waals surface area contributed by atoms with Crippen LogP contribution in [0.3, 0.4) is 0 Å². The Bertz CT molecular complexity index is 772. The van der Waals surface area contributed by atoms with Crippen molar-refractivity contribution in [3.05, 3.63) is 23.9 Å². The lowest BCUT2D eigenvalue weighted by molar-refractivity contribution is -0.136. The van der Waals surface area contributed by atoms with Crippen LogP contribution in [0.15, 0.2) is 18.3 Å². The molecule has 7 nitrogen and oxygen atoms in total. The molecule has 24 heavy (non-hydrogen) atoms. The Hall–Kier alpha value is -2.84. The first-order chi connectivity index (χ1) is 11.2. The van der Waals surface area contributed by atoms with Crippen LogP contribution in [0.25, 0.3) is 10.8 Å². The van der Waals surface area contributed by atoms with Crippen molar-refractivity contribution < 1.29 is 33.7 Å². The zero-order valence-electron chi connectivity index (χ0n) is 12.7. The molecule has 1 heterocycles. The molecule has 3 N–H and O–H groups in total. The standard InChI is InChI=1S/C15H16F2N2O5/c1-8-2-9-4-19(5-12(16)17)15(24)10(9)3-11(8)18(6-13(20)21)7-14(22)23/h2-4,12,24H,5-7H2,1H3,(H,20,21)(H,22,23). The molecule has 0 aliphatic heterocycles. The van der Waals surface area contributed by atoms with Gasteiger partial charge >= 0.3 is 11.9 Å². The van der Waals surface area contributed by atoms with E-state index in [1.807, 2.05) is 0 Å². The maximum atomic E-state index is 12.5. The van der Waals surface area contributed by atoms with Crippen molar-refractivity contribution in [1.82, 2.24) is 4.57 Å². The van der Waals surface area contributed by atoms with E-state index in [1.54, 1.807) is 13.0 Å². The van der Waals surface area contributed by atoms with E-state index in [2.05, 4.69) is 0 Å². The summed E-state index contributed by atoms with van der Waals surface area (Å²) in [5.74, 6) is -2.80. The molecule has 0 unspecified atom stereocenters. The minimum absolute atomic E-state index is 0.247. The molecule has 2 rings (SSSR count). The van der Waals surface area contributed by atoms with Crippen LogP contribution >= 0.6 is 0 Å². The third-order valence-electron chi connectivity index (χ3n) is 3.50. The first kappa shape index (κ1) is 17.5. The zero-order valence-corrected chi connectivity index (χ0v) is 12.7. The summed E-state index contributed by atoms with van der Waals surface area (Å²) in [6.07, 6.45) is -1.28. The van der Waals surface area contributed by atoms with Crippen molar-refractivity contribution in [3.63, 3.8) is 0 Å². The highest BCUT2D eigenvalue weighted by Gasteiger charge is 2.19. The van der Waals surface area contributed by atoms with Crippen LogP contribution in [0.4, 0.5) is 14.5 Å². The molecule has 0 aliphatic carbocycles. The molecular weight excluding hydrogens is 326 g/mol. The van der Waals surface area contributed by atoms with E-state index in [4.69, 9.17) is 10.2 Å². The Morgan fingerprint density at radius 3 is 2.29 bits per heavy atom. The molecule has 0 fully saturated rings. The number of halogens is 2. The van der Waals surface area contributed by atoms with Gasteiger partial charge in [0.1, 0.15) is 13.1 Å². The Morgan fingerprint density at radius 2 is 1.79 bits per heavy atom. The molecule has 0 amide bonds. The van der Waals surface area contributed by atoms with Gasteiger partial charge in [0, 0.05) is 22.7 Å². The predicted octanol–water partition coefficient (Wildman–Crippen LogP) is 1.90. The number of aromatic nitrogens is 1. The third-order valence-corrected chi connectivity index (χ3v) is 3.50. The van der Waals surface area contributed by atoms with Gasteiger partial charge in [-0.1, -0.05) is 0 Å². The number of aromatic hydroxyl groups is 1. The van der Waals surface area contributed by atoms with Crippen molar-refractivity contribution in [2.24, 2.45) is 0 Å². The predicted molar refractivity (Wildman–Crippen MR) is 81.8 cm³/mol. The summed E-state index contributed by atoms with van der Waals surface area (Å²) in [6.45, 7) is -0.121. The number of aliphatic carboxylic acids is 2. The highest BCUT2D eigenvalue weighted by Crippen LogP contribution is 2.33. The molecule has 0 radical (unpaired) electrons. The molecule has 0 saturated heterocycles. The minimum atomic E-state index is -2.64. The first-order valence-corrected chi connectivity index (χ1v) is 6.98. The average molecular weight is 342 g/mol. The van der Waals surface area contributed by atoms with Crippen LogP contribution in [0, 0.1) is 6.92 Å². The van der Waals surface area contributed by atoms with Gasteiger partial charge in [0.2, 0.25) is 0 Å². The Labute approximate surface area is 135 Å². The van der Waals surface area contributed by atoms with Crippen LogP contribution in [0.5, 0.6) is 5.88 Å².